The van der Waals surface area contributed by atoms with Crippen LogP contribution >= 0.6 is 0 Å². The van der Waals surface area contributed by atoms with Crippen molar-refractivity contribution in [1.29, 1.82) is 0 Å². The van der Waals surface area contributed by atoms with Crippen LogP contribution in [0.4, 0.5) is 0 Å². The first kappa shape index (κ1) is 14.1. The molecule has 1 amide bonds. The summed E-state index contributed by atoms with van der Waals surface area (Å²) in [6, 6.07) is 8.21. The number of carbonyl (C=O) groups is 2. The number of nitrogens with one attached hydrogen (secondary N) is 1. The third-order valence-corrected chi connectivity index (χ3v) is 2.43. The number of amides is 1. The minimum atomic E-state index is -2.06. The van der Waals surface area contributed by atoms with Gasteiger partial charge in [0.25, 0.3) is 5.91 Å². The summed E-state index contributed by atoms with van der Waals surface area (Å²) in [4.78, 5) is 22.2. The van der Waals surface area contributed by atoms with Crippen LogP contribution in [0.1, 0.15) is 18.6 Å². The number of hydrogen-bond acceptors (Lipinski definition) is 4. The van der Waals surface area contributed by atoms with Crippen LogP contribution < -0.4 is 5.32 Å². The molecule has 1 rings (SSSR count). The fraction of sp³-hybridized carbons (Fsp3) is 0.333. The maximum Gasteiger partial charge on any atom is 0.337 e. The number of carboxylic acids is 1. The maximum atomic E-state index is 11.5. The Labute approximate surface area is 104 Å². The highest BCUT2D eigenvalue weighted by molar-refractivity contribution is 5.83. The van der Waals surface area contributed by atoms with Gasteiger partial charge in [-0.15, -0.1) is 0 Å². The lowest BCUT2D eigenvalue weighted by atomic mass is 10.1. The number of aliphatic hydroxyl groups is 2. The van der Waals surface area contributed by atoms with Gasteiger partial charge in [-0.25, -0.2) is 4.79 Å². The molecule has 0 aliphatic carbocycles. The van der Waals surface area contributed by atoms with E-state index >= 15 is 0 Å². The van der Waals surface area contributed by atoms with Crippen molar-refractivity contribution in [2.24, 2.45) is 0 Å². The number of aliphatic carboxylic acids is 1. The van der Waals surface area contributed by atoms with Crippen LogP contribution in [0, 0.1) is 0 Å². The fourth-order valence-corrected chi connectivity index (χ4v) is 1.22. The molecule has 0 spiro atoms. The van der Waals surface area contributed by atoms with E-state index in [-0.39, 0.29) is 0 Å². The standard InChI is InChI=1S/C12H15NO5/c1-12(18,11(16)17)7-13-10(15)9(14)8-5-3-2-4-6-8/h2-6,9,14,18H,7H2,1H3,(H,13,15)(H,16,17). The molecule has 0 saturated heterocycles. The van der Waals surface area contributed by atoms with E-state index in [1.165, 1.54) is 0 Å². The molecule has 0 saturated carbocycles. The number of hydrogen-bond donors (Lipinski definition) is 4. The Balaban J connectivity index is 2.59. The molecular formula is C12H15NO5. The Morgan fingerprint density at radius 3 is 2.39 bits per heavy atom. The van der Waals surface area contributed by atoms with Crippen LogP contribution in [-0.2, 0) is 9.59 Å². The number of carbonyl (C=O) groups excluding carboxylic acids is 1. The molecule has 1 aromatic rings. The molecule has 18 heavy (non-hydrogen) atoms. The zero-order chi connectivity index (χ0) is 13.8. The first-order chi connectivity index (χ1) is 8.34. The molecule has 0 aliphatic heterocycles. The zero-order valence-corrected chi connectivity index (χ0v) is 9.83. The molecule has 6 heteroatoms. The Morgan fingerprint density at radius 2 is 1.89 bits per heavy atom. The van der Waals surface area contributed by atoms with Gasteiger partial charge in [0.1, 0.15) is 0 Å². The molecule has 6 nitrogen and oxygen atoms in total. The molecule has 1 aromatic carbocycles. The van der Waals surface area contributed by atoms with Crippen molar-refractivity contribution in [3.8, 4) is 0 Å². The van der Waals surface area contributed by atoms with Gasteiger partial charge in [-0.05, 0) is 12.5 Å². The summed E-state index contributed by atoms with van der Waals surface area (Å²) < 4.78 is 0. The molecule has 0 aliphatic rings. The minimum Gasteiger partial charge on any atom is -0.479 e. The van der Waals surface area contributed by atoms with Crippen molar-refractivity contribution < 1.29 is 24.9 Å². The molecule has 0 heterocycles. The van der Waals surface area contributed by atoms with Gasteiger partial charge in [0.05, 0.1) is 6.54 Å². The van der Waals surface area contributed by atoms with E-state index in [0.29, 0.717) is 5.56 Å². The summed E-state index contributed by atoms with van der Waals surface area (Å²) in [6.07, 6.45) is -1.39. The molecule has 0 aromatic heterocycles. The second-order valence-electron chi connectivity index (χ2n) is 4.11. The SMILES string of the molecule is CC(O)(CNC(=O)C(O)c1ccccc1)C(=O)O. The van der Waals surface area contributed by atoms with Crippen LogP contribution in [0.3, 0.4) is 0 Å². The highest BCUT2D eigenvalue weighted by Crippen LogP contribution is 2.12. The van der Waals surface area contributed by atoms with Crippen LogP contribution in [0.15, 0.2) is 30.3 Å². The summed E-state index contributed by atoms with van der Waals surface area (Å²) in [7, 11) is 0. The zero-order valence-electron chi connectivity index (χ0n) is 9.83. The van der Waals surface area contributed by atoms with Crippen molar-refractivity contribution in [2.45, 2.75) is 18.6 Å². The first-order valence-electron chi connectivity index (χ1n) is 5.31. The predicted molar refractivity (Wildman–Crippen MR) is 62.7 cm³/mol. The van der Waals surface area contributed by atoms with Gasteiger partial charge in [-0.3, -0.25) is 4.79 Å². The summed E-state index contributed by atoms with van der Waals surface area (Å²) >= 11 is 0. The second kappa shape index (κ2) is 5.61. The van der Waals surface area contributed by atoms with Crippen molar-refractivity contribution in [3.63, 3.8) is 0 Å². The van der Waals surface area contributed by atoms with Gasteiger partial charge in [0.2, 0.25) is 0 Å². The average molecular weight is 253 g/mol. The average Bonchev–Trinajstić information content (AvgIpc) is 2.36. The molecule has 0 bridgehead atoms. The third-order valence-electron chi connectivity index (χ3n) is 2.43. The summed E-state index contributed by atoms with van der Waals surface area (Å²) in [6.45, 7) is 0.579. The quantitative estimate of drug-likeness (QED) is 0.575. The van der Waals surface area contributed by atoms with Crippen molar-refractivity contribution >= 4 is 11.9 Å². The third kappa shape index (κ3) is 3.54. The molecule has 2 unspecified atom stereocenters. The smallest absolute Gasteiger partial charge is 0.337 e. The van der Waals surface area contributed by atoms with Crippen LogP contribution in [0.5, 0.6) is 0 Å². The topological polar surface area (TPSA) is 107 Å². The van der Waals surface area contributed by atoms with E-state index in [0.717, 1.165) is 6.92 Å². The minimum absolute atomic E-state index is 0.393. The lowest BCUT2D eigenvalue weighted by Crippen LogP contribution is -2.47. The summed E-state index contributed by atoms with van der Waals surface area (Å²) in [5.41, 5.74) is -1.67. The molecule has 0 radical (unpaired) electrons. The fourth-order valence-electron chi connectivity index (χ4n) is 1.22. The Bertz CT molecular complexity index is 429. The molecule has 0 fully saturated rings. The van der Waals surface area contributed by atoms with E-state index < -0.39 is 30.1 Å². The van der Waals surface area contributed by atoms with Crippen molar-refractivity contribution in [3.05, 3.63) is 35.9 Å². The van der Waals surface area contributed by atoms with E-state index in [1.54, 1.807) is 30.3 Å². The largest absolute Gasteiger partial charge is 0.479 e. The lowest BCUT2D eigenvalue weighted by molar-refractivity contribution is -0.156. The lowest BCUT2D eigenvalue weighted by Gasteiger charge is -2.19. The number of benzene rings is 1. The van der Waals surface area contributed by atoms with Gasteiger partial charge >= 0.3 is 5.97 Å². The van der Waals surface area contributed by atoms with Crippen LogP contribution in [-0.4, -0.2) is 39.3 Å². The molecule has 98 valence electrons. The Morgan fingerprint density at radius 1 is 1.33 bits per heavy atom. The predicted octanol–water partition coefficient (Wildman–Crippen LogP) is -0.328. The van der Waals surface area contributed by atoms with Gasteiger partial charge < -0.3 is 20.6 Å². The monoisotopic (exact) mass is 253 g/mol. The number of aliphatic hydroxyl groups excluding tert-OH is 1. The summed E-state index contributed by atoms with van der Waals surface area (Å²) in [5, 5.41) is 29.9. The van der Waals surface area contributed by atoms with Gasteiger partial charge in [0, 0.05) is 0 Å². The maximum absolute atomic E-state index is 11.5. The summed E-state index contributed by atoms with van der Waals surface area (Å²) in [5.74, 6) is -2.21. The van der Waals surface area contributed by atoms with Crippen molar-refractivity contribution in [2.75, 3.05) is 6.54 Å². The number of rotatable bonds is 5. The molecule has 2 atom stereocenters. The normalized spacial score (nSPS) is 15.5. The van der Waals surface area contributed by atoms with Crippen LogP contribution in [0.2, 0.25) is 0 Å². The van der Waals surface area contributed by atoms with Crippen LogP contribution in [0.25, 0.3) is 0 Å². The first-order valence-corrected chi connectivity index (χ1v) is 5.31. The molecular weight excluding hydrogens is 238 g/mol. The van der Waals surface area contributed by atoms with Gasteiger partial charge in [-0.2, -0.15) is 0 Å². The number of carboxylic acid groups (broad SMARTS) is 1. The van der Waals surface area contributed by atoms with E-state index in [9.17, 15) is 19.8 Å². The highest BCUT2D eigenvalue weighted by Gasteiger charge is 2.31. The van der Waals surface area contributed by atoms with Crippen molar-refractivity contribution in [1.82, 2.24) is 5.32 Å². The van der Waals surface area contributed by atoms with Gasteiger partial charge in [0.15, 0.2) is 11.7 Å². The van der Waals surface area contributed by atoms with E-state index in [2.05, 4.69) is 5.32 Å². The van der Waals surface area contributed by atoms with Gasteiger partial charge in [-0.1, -0.05) is 30.3 Å². The van der Waals surface area contributed by atoms with E-state index in [1.807, 2.05) is 0 Å². The Kier molecular flexibility index (Phi) is 4.41. The molecule has 4 N–H and O–H groups in total. The Hall–Kier alpha value is -1.92. The highest BCUT2D eigenvalue weighted by atomic mass is 16.4. The van der Waals surface area contributed by atoms with E-state index in [4.69, 9.17) is 5.11 Å². The second-order valence-corrected chi connectivity index (χ2v) is 4.11.